The lowest BCUT2D eigenvalue weighted by molar-refractivity contribution is 0.509. The van der Waals surface area contributed by atoms with E-state index in [-0.39, 0.29) is 5.56 Å². The fourth-order valence-corrected chi connectivity index (χ4v) is 3.23. The summed E-state index contributed by atoms with van der Waals surface area (Å²) >= 11 is 0. The van der Waals surface area contributed by atoms with Crippen LogP contribution < -0.4 is 0 Å². The van der Waals surface area contributed by atoms with E-state index in [0.717, 1.165) is 22.9 Å². The molecule has 0 amide bonds. The Morgan fingerprint density at radius 1 is 1.19 bits per heavy atom. The standard InChI is InChI=1S/C20H15F2N5/c1-2-27-17-7-6-13(11-23)10-16(17)25-18(27)12-26-9-8-24-20(26)14-4-3-5-15(21)19(14)22/h3-10H,2,12H2,1H3. The van der Waals surface area contributed by atoms with Gasteiger partial charge in [0.15, 0.2) is 11.6 Å². The molecule has 134 valence electrons. The number of imidazole rings is 2. The van der Waals surface area contributed by atoms with Crippen LogP contribution in [0.5, 0.6) is 0 Å². The predicted molar refractivity (Wildman–Crippen MR) is 96.8 cm³/mol. The summed E-state index contributed by atoms with van der Waals surface area (Å²) in [6, 6.07) is 11.5. The highest BCUT2D eigenvalue weighted by molar-refractivity contribution is 5.77. The van der Waals surface area contributed by atoms with Gasteiger partial charge in [-0.15, -0.1) is 0 Å². The number of benzene rings is 2. The molecule has 0 bridgehead atoms. The zero-order valence-corrected chi connectivity index (χ0v) is 14.5. The van der Waals surface area contributed by atoms with Crippen molar-refractivity contribution in [2.24, 2.45) is 0 Å². The summed E-state index contributed by atoms with van der Waals surface area (Å²) in [4.78, 5) is 8.83. The molecule has 0 atom stereocenters. The minimum Gasteiger partial charge on any atom is -0.327 e. The molecule has 0 aliphatic heterocycles. The second-order valence-electron chi connectivity index (χ2n) is 6.07. The van der Waals surface area contributed by atoms with Gasteiger partial charge in [-0.25, -0.2) is 18.7 Å². The zero-order chi connectivity index (χ0) is 19.0. The number of aryl methyl sites for hydroxylation is 1. The molecule has 0 N–H and O–H groups in total. The van der Waals surface area contributed by atoms with E-state index in [9.17, 15) is 8.78 Å². The Kier molecular flexibility index (Phi) is 4.16. The smallest absolute Gasteiger partial charge is 0.169 e. The van der Waals surface area contributed by atoms with Gasteiger partial charge >= 0.3 is 0 Å². The lowest BCUT2D eigenvalue weighted by atomic mass is 10.2. The third kappa shape index (κ3) is 2.85. The molecule has 2 aromatic heterocycles. The Bertz CT molecular complexity index is 1180. The van der Waals surface area contributed by atoms with Crippen LogP contribution in [0, 0.1) is 23.0 Å². The number of nitriles is 1. The molecule has 2 aromatic carbocycles. The van der Waals surface area contributed by atoms with E-state index in [1.165, 1.54) is 12.1 Å². The van der Waals surface area contributed by atoms with Crippen LogP contribution in [0.25, 0.3) is 22.4 Å². The van der Waals surface area contributed by atoms with Gasteiger partial charge in [0, 0.05) is 18.9 Å². The van der Waals surface area contributed by atoms with Gasteiger partial charge < -0.3 is 9.13 Å². The molecule has 2 heterocycles. The number of rotatable bonds is 4. The van der Waals surface area contributed by atoms with Crippen molar-refractivity contribution in [3.63, 3.8) is 0 Å². The highest BCUT2D eigenvalue weighted by atomic mass is 19.2. The molecule has 0 aliphatic carbocycles. The molecule has 0 saturated carbocycles. The van der Waals surface area contributed by atoms with E-state index in [2.05, 4.69) is 16.0 Å². The maximum absolute atomic E-state index is 14.2. The van der Waals surface area contributed by atoms with E-state index < -0.39 is 11.6 Å². The molecule has 0 aliphatic rings. The fraction of sp³-hybridized carbons (Fsp3) is 0.150. The average Bonchev–Trinajstić information content (AvgIpc) is 3.27. The van der Waals surface area contributed by atoms with Crippen molar-refractivity contribution in [2.75, 3.05) is 0 Å². The number of hydrogen-bond acceptors (Lipinski definition) is 3. The van der Waals surface area contributed by atoms with Gasteiger partial charge in [-0.2, -0.15) is 5.26 Å². The van der Waals surface area contributed by atoms with Crippen LogP contribution in [0.3, 0.4) is 0 Å². The second-order valence-corrected chi connectivity index (χ2v) is 6.07. The number of hydrogen-bond donors (Lipinski definition) is 0. The minimum atomic E-state index is -0.924. The van der Waals surface area contributed by atoms with Crippen molar-refractivity contribution in [3.05, 3.63) is 71.8 Å². The maximum Gasteiger partial charge on any atom is 0.169 e. The van der Waals surface area contributed by atoms with Crippen LogP contribution in [-0.4, -0.2) is 19.1 Å². The van der Waals surface area contributed by atoms with Crippen LogP contribution in [0.4, 0.5) is 8.78 Å². The van der Waals surface area contributed by atoms with Crippen LogP contribution in [0.15, 0.2) is 48.8 Å². The van der Waals surface area contributed by atoms with Gasteiger partial charge in [0.25, 0.3) is 0 Å². The summed E-state index contributed by atoms with van der Waals surface area (Å²) in [7, 11) is 0. The van der Waals surface area contributed by atoms with Crippen molar-refractivity contribution in [3.8, 4) is 17.5 Å². The zero-order valence-electron chi connectivity index (χ0n) is 14.5. The molecular formula is C20H15F2N5. The Morgan fingerprint density at radius 3 is 2.81 bits per heavy atom. The molecule has 0 spiro atoms. The van der Waals surface area contributed by atoms with Crippen molar-refractivity contribution in [1.82, 2.24) is 19.1 Å². The maximum atomic E-state index is 14.2. The molecular weight excluding hydrogens is 348 g/mol. The van der Waals surface area contributed by atoms with Gasteiger partial charge in [0.1, 0.15) is 11.6 Å². The molecule has 0 saturated heterocycles. The average molecular weight is 363 g/mol. The monoisotopic (exact) mass is 363 g/mol. The first-order chi connectivity index (χ1) is 13.1. The molecule has 4 rings (SSSR count). The highest BCUT2D eigenvalue weighted by Crippen LogP contribution is 2.25. The number of fused-ring (bicyclic) bond motifs is 1. The SMILES string of the molecule is CCn1c(Cn2ccnc2-c2cccc(F)c2F)nc2cc(C#N)ccc21. The van der Waals surface area contributed by atoms with E-state index in [1.807, 2.05) is 17.6 Å². The van der Waals surface area contributed by atoms with Gasteiger partial charge in [0.2, 0.25) is 0 Å². The van der Waals surface area contributed by atoms with E-state index in [0.29, 0.717) is 24.5 Å². The van der Waals surface area contributed by atoms with Crippen LogP contribution in [-0.2, 0) is 13.1 Å². The van der Waals surface area contributed by atoms with Crippen molar-refractivity contribution in [2.45, 2.75) is 20.0 Å². The molecule has 0 unspecified atom stereocenters. The van der Waals surface area contributed by atoms with Gasteiger partial charge in [-0.05, 0) is 37.3 Å². The molecule has 4 aromatic rings. The third-order valence-electron chi connectivity index (χ3n) is 4.49. The first kappa shape index (κ1) is 16.9. The summed E-state index contributed by atoms with van der Waals surface area (Å²) < 4.78 is 31.6. The Morgan fingerprint density at radius 2 is 2.04 bits per heavy atom. The van der Waals surface area contributed by atoms with E-state index in [1.54, 1.807) is 29.1 Å². The largest absolute Gasteiger partial charge is 0.327 e. The Labute approximate surface area is 154 Å². The van der Waals surface area contributed by atoms with Gasteiger partial charge in [-0.3, -0.25) is 0 Å². The summed E-state index contributed by atoms with van der Waals surface area (Å²) in [5, 5.41) is 9.09. The second kappa shape index (κ2) is 6.65. The lowest BCUT2D eigenvalue weighted by Crippen LogP contribution is -2.09. The summed E-state index contributed by atoms with van der Waals surface area (Å²) in [6.07, 6.45) is 3.26. The molecule has 0 fully saturated rings. The molecule has 5 nitrogen and oxygen atoms in total. The molecule has 7 heteroatoms. The van der Waals surface area contributed by atoms with E-state index >= 15 is 0 Å². The summed E-state index contributed by atoms with van der Waals surface area (Å²) in [6.45, 7) is 3.04. The first-order valence-corrected chi connectivity index (χ1v) is 8.47. The number of halogens is 2. The predicted octanol–water partition coefficient (Wildman–Crippen LogP) is 4.12. The fourth-order valence-electron chi connectivity index (χ4n) is 3.23. The van der Waals surface area contributed by atoms with Gasteiger partial charge in [-0.1, -0.05) is 6.07 Å². The van der Waals surface area contributed by atoms with Crippen LogP contribution in [0.2, 0.25) is 0 Å². The summed E-state index contributed by atoms with van der Waals surface area (Å²) in [5.41, 5.74) is 2.29. The normalized spacial score (nSPS) is 11.0. The number of nitrogens with zero attached hydrogens (tertiary/aromatic N) is 5. The minimum absolute atomic E-state index is 0.103. The van der Waals surface area contributed by atoms with Crippen LogP contribution >= 0.6 is 0 Å². The first-order valence-electron chi connectivity index (χ1n) is 8.47. The summed E-state index contributed by atoms with van der Waals surface area (Å²) in [5.74, 6) is -0.752. The quantitative estimate of drug-likeness (QED) is 0.548. The number of aromatic nitrogens is 4. The van der Waals surface area contributed by atoms with E-state index in [4.69, 9.17) is 5.26 Å². The topological polar surface area (TPSA) is 59.4 Å². The third-order valence-corrected chi connectivity index (χ3v) is 4.49. The van der Waals surface area contributed by atoms with Crippen molar-refractivity contribution in [1.29, 1.82) is 5.26 Å². The Balaban J connectivity index is 1.79. The lowest BCUT2D eigenvalue weighted by Gasteiger charge is -2.10. The van der Waals surface area contributed by atoms with Crippen molar-refractivity contribution < 1.29 is 8.78 Å². The van der Waals surface area contributed by atoms with Crippen LogP contribution in [0.1, 0.15) is 18.3 Å². The van der Waals surface area contributed by atoms with Gasteiger partial charge in [0.05, 0.1) is 34.8 Å². The highest BCUT2D eigenvalue weighted by Gasteiger charge is 2.17. The molecule has 0 radical (unpaired) electrons. The Hall–Kier alpha value is -3.53. The van der Waals surface area contributed by atoms with Crippen molar-refractivity contribution >= 4 is 11.0 Å². The molecule has 27 heavy (non-hydrogen) atoms.